The molecule has 2 N–H and O–H groups in total. The lowest BCUT2D eigenvalue weighted by atomic mass is 9.96. The smallest absolute Gasteiger partial charge is 0.133 e. The molecular weight excluding hydrogens is 228 g/mol. The average molecular weight is 248 g/mol. The van der Waals surface area contributed by atoms with Gasteiger partial charge >= 0.3 is 0 Å². The van der Waals surface area contributed by atoms with Crippen molar-refractivity contribution in [1.29, 1.82) is 0 Å². The fourth-order valence-corrected chi connectivity index (χ4v) is 2.87. The Morgan fingerprint density at radius 1 is 1.28 bits per heavy atom. The Bertz CT molecular complexity index is 423. The predicted molar refractivity (Wildman–Crippen MR) is 69.8 cm³/mol. The fraction of sp³-hybridized carbons (Fsp3) is 0.692. The molecule has 5 heteroatoms. The lowest BCUT2D eigenvalue weighted by Crippen LogP contribution is -2.34. The SMILES string of the molecule is CO[C@H]1CNCC1Nc1ncnc2c1CCCC2. The summed E-state index contributed by atoms with van der Waals surface area (Å²) in [6.45, 7) is 1.83. The van der Waals surface area contributed by atoms with Crippen LogP contribution in [0.1, 0.15) is 24.1 Å². The number of hydrogen-bond donors (Lipinski definition) is 2. The van der Waals surface area contributed by atoms with Gasteiger partial charge in [-0.2, -0.15) is 0 Å². The molecular formula is C13H20N4O. The maximum Gasteiger partial charge on any atom is 0.133 e. The number of aryl methyl sites for hydroxylation is 1. The third-order valence-corrected chi connectivity index (χ3v) is 3.91. The van der Waals surface area contributed by atoms with Crippen LogP contribution in [0, 0.1) is 0 Å². The number of hydrogen-bond acceptors (Lipinski definition) is 5. The van der Waals surface area contributed by atoms with E-state index >= 15 is 0 Å². The molecule has 1 saturated heterocycles. The Morgan fingerprint density at radius 3 is 3.06 bits per heavy atom. The van der Waals surface area contributed by atoms with Crippen LogP contribution in [0.2, 0.25) is 0 Å². The molecule has 1 unspecified atom stereocenters. The summed E-state index contributed by atoms with van der Waals surface area (Å²) in [5.41, 5.74) is 2.53. The second-order valence-corrected chi connectivity index (χ2v) is 5.04. The third kappa shape index (κ3) is 2.20. The molecule has 0 bridgehead atoms. The molecule has 0 radical (unpaired) electrons. The summed E-state index contributed by atoms with van der Waals surface area (Å²) in [6.07, 6.45) is 6.57. The molecule has 2 atom stereocenters. The average Bonchev–Trinajstić information content (AvgIpc) is 2.86. The molecule has 1 fully saturated rings. The van der Waals surface area contributed by atoms with Crippen LogP contribution in [0.3, 0.4) is 0 Å². The summed E-state index contributed by atoms with van der Waals surface area (Å²) < 4.78 is 5.47. The van der Waals surface area contributed by atoms with Crippen molar-refractivity contribution in [2.45, 2.75) is 37.8 Å². The molecule has 0 amide bonds. The van der Waals surface area contributed by atoms with Gasteiger partial charge in [-0.25, -0.2) is 9.97 Å². The summed E-state index contributed by atoms with van der Waals surface area (Å²) >= 11 is 0. The largest absolute Gasteiger partial charge is 0.378 e. The van der Waals surface area contributed by atoms with E-state index in [1.807, 2.05) is 0 Å². The standard InChI is InChI=1S/C13H20N4O/c1-18-12-7-14-6-11(12)17-13-9-4-2-3-5-10(9)15-8-16-13/h8,11-12,14H,2-7H2,1H3,(H,15,16,17)/t11?,12-/m0/s1. The van der Waals surface area contributed by atoms with E-state index in [-0.39, 0.29) is 6.10 Å². The van der Waals surface area contributed by atoms with Crippen LogP contribution in [0.25, 0.3) is 0 Å². The van der Waals surface area contributed by atoms with Gasteiger partial charge in [0.05, 0.1) is 12.1 Å². The Labute approximate surface area is 107 Å². The second kappa shape index (κ2) is 5.20. The first-order valence-electron chi connectivity index (χ1n) is 6.71. The van der Waals surface area contributed by atoms with Gasteiger partial charge in [0.1, 0.15) is 12.1 Å². The minimum Gasteiger partial charge on any atom is -0.378 e. The van der Waals surface area contributed by atoms with Crippen LogP contribution in [0.5, 0.6) is 0 Å². The molecule has 0 aromatic carbocycles. The molecule has 1 aliphatic carbocycles. The van der Waals surface area contributed by atoms with Gasteiger partial charge < -0.3 is 15.4 Å². The van der Waals surface area contributed by atoms with E-state index < -0.39 is 0 Å². The van der Waals surface area contributed by atoms with Crippen LogP contribution in [-0.2, 0) is 17.6 Å². The monoisotopic (exact) mass is 248 g/mol. The van der Waals surface area contributed by atoms with Crippen molar-refractivity contribution in [3.05, 3.63) is 17.6 Å². The summed E-state index contributed by atoms with van der Waals surface area (Å²) in [4.78, 5) is 8.81. The van der Waals surface area contributed by atoms with Crippen molar-refractivity contribution >= 4 is 5.82 Å². The first kappa shape index (κ1) is 11.9. The minimum atomic E-state index is 0.221. The number of nitrogens with one attached hydrogen (secondary N) is 2. The van der Waals surface area contributed by atoms with Crippen LogP contribution in [0.15, 0.2) is 6.33 Å². The summed E-state index contributed by atoms with van der Waals surface area (Å²) in [5.74, 6) is 1.01. The zero-order chi connectivity index (χ0) is 12.4. The van der Waals surface area contributed by atoms with Crippen molar-refractivity contribution in [3.8, 4) is 0 Å². The molecule has 0 spiro atoms. The number of rotatable bonds is 3. The van der Waals surface area contributed by atoms with Gasteiger partial charge in [0.2, 0.25) is 0 Å². The number of anilines is 1. The van der Waals surface area contributed by atoms with Crippen molar-refractivity contribution < 1.29 is 4.74 Å². The third-order valence-electron chi connectivity index (χ3n) is 3.91. The maximum atomic E-state index is 5.47. The van der Waals surface area contributed by atoms with Gasteiger partial charge in [0, 0.05) is 31.5 Å². The molecule has 1 aromatic heterocycles. The molecule has 2 aliphatic rings. The van der Waals surface area contributed by atoms with E-state index in [1.54, 1.807) is 13.4 Å². The van der Waals surface area contributed by atoms with Gasteiger partial charge in [0.15, 0.2) is 0 Å². The van der Waals surface area contributed by atoms with Gasteiger partial charge in [-0.05, 0) is 25.7 Å². The molecule has 5 nitrogen and oxygen atoms in total. The quantitative estimate of drug-likeness (QED) is 0.827. The number of methoxy groups -OCH3 is 1. The summed E-state index contributed by atoms with van der Waals surface area (Å²) in [5, 5.41) is 6.87. The molecule has 1 aliphatic heterocycles. The van der Waals surface area contributed by atoms with Crippen LogP contribution >= 0.6 is 0 Å². The van der Waals surface area contributed by atoms with Gasteiger partial charge in [-0.1, -0.05) is 0 Å². The van der Waals surface area contributed by atoms with E-state index in [4.69, 9.17) is 4.74 Å². The van der Waals surface area contributed by atoms with Crippen LogP contribution in [0.4, 0.5) is 5.82 Å². The first-order valence-corrected chi connectivity index (χ1v) is 6.71. The highest BCUT2D eigenvalue weighted by Gasteiger charge is 2.28. The van der Waals surface area contributed by atoms with E-state index in [0.29, 0.717) is 6.04 Å². The normalized spacial score (nSPS) is 26.9. The topological polar surface area (TPSA) is 59.1 Å². The van der Waals surface area contributed by atoms with E-state index in [0.717, 1.165) is 31.7 Å². The maximum absolute atomic E-state index is 5.47. The number of nitrogens with zero attached hydrogens (tertiary/aromatic N) is 2. The Kier molecular flexibility index (Phi) is 3.43. The molecule has 98 valence electrons. The van der Waals surface area contributed by atoms with Crippen molar-refractivity contribution in [3.63, 3.8) is 0 Å². The Morgan fingerprint density at radius 2 is 2.17 bits per heavy atom. The highest BCUT2D eigenvalue weighted by Crippen LogP contribution is 2.25. The molecule has 3 rings (SSSR count). The highest BCUT2D eigenvalue weighted by molar-refractivity contribution is 5.48. The van der Waals surface area contributed by atoms with Crippen molar-refractivity contribution in [2.24, 2.45) is 0 Å². The molecule has 1 aromatic rings. The van der Waals surface area contributed by atoms with Crippen LogP contribution < -0.4 is 10.6 Å². The Balaban J connectivity index is 1.80. The lowest BCUT2D eigenvalue weighted by molar-refractivity contribution is 0.111. The van der Waals surface area contributed by atoms with Gasteiger partial charge in [-0.15, -0.1) is 0 Å². The minimum absolute atomic E-state index is 0.221. The predicted octanol–water partition coefficient (Wildman–Crippen LogP) is 0.754. The zero-order valence-electron chi connectivity index (χ0n) is 10.8. The summed E-state index contributed by atoms with van der Waals surface area (Å²) in [6, 6.07) is 0.302. The highest BCUT2D eigenvalue weighted by atomic mass is 16.5. The number of fused-ring (bicyclic) bond motifs is 1. The molecule has 18 heavy (non-hydrogen) atoms. The van der Waals surface area contributed by atoms with Crippen molar-refractivity contribution in [2.75, 3.05) is 25.5 Å². The van der Waals surface area contributed by atoms with Gasteiger partial charge in [-0.3, -0.25) is 0 Å². The van der Waals surface area contributed by atoms with Gasteiger partial charge in [0.25, 0.3) is 0 Å². The number of aromatic nitrogens is 2. The number of ether oxygens (including phenoxy) is 1. The molecule has 0 saturated carbocycles. The molecule has 2 heterocycles. The van der Waals surface area contributed by atoms with E-state index in [9.17, 15) is 0 Å². The summed E-state index contributed by atoms with van der Waals surface area (Å²) in [7, 11) is 1.77. The van der Waals surface area contributed by atoms with E-state index in [1.165, 1.54) is 24.1 Å². The van der Waals surface area contributed by atoms with Crippen molar-refractivity contribution in [1.82, 2.24) is 15.3 Å². The van der Waals surface area contributed by atoms with Crippen LogP contribution in [-0.4, -0.2) is 42.3 Å². The Hall–Kier alpha value is -1.20. The van der Waals surface area contributed by atoms with E-state index in [2.05, 4.69) is 20.6 Å². The fourth-order valence-electron chi connectivity index (χ4n) is 2.87. The zero-order valence-corrected chi connectivity index (χ0v) is 10.8. The first-order chi connectivity index (χ1) is 8.88. The lowest BCUT2D eigenvalue weighted by Gasteiger charge is -2.23. The second-order valence-electron chi connectivity index (χ2n) is 5.04.